The van der Waals surface area contributed by atoms with E-state index in [4.69, 9.17) is 9.16 Å². The second kappa shape index (κ2) is 6.09. The van der Waals surface area contributed by atoms with Crippen LogP contribution in [-0.4, -0.2) is 20.9 Å². The minimum absolute atomic E-state index is 0.0142. The van der Waals surface area contributed by atoms with Gasteiger partial charge < -0.3 is 9.16 Å². The van der Waals surface area contributed by atoms with E-state index in [9.17, 15) is 4.79 Å². The zero-order valence-electron chi connectivity index (χ0n) is 12.1. The van der Waals surface area contributed by atoms with Crippen molar-refractivity contribution in [1.29, 1.82) is 0 Å². The third-order valence-corrected chi connectivity index (χ3v) is 8.22. The van der Waals surface area contributed by atoms with E-state index >= 15 is 0 Å². The van der Waals surface area contributed by atoms with Crippen molar-refractivity contribution < 1.29 is 14.0 Å². The summed E-state index contributed by atoms with van der Waals surface area (Å²) in [4.78, 5) is 11.8. The molecule has 0 spiro atoms. The maximum atomic E-state index is 11.8. The van der Waals surface area contributed by atoms with Crippen molar-refractivity contribution in [2.75, 3.05) is 6.61 Å². The summed E-state index contributed by atoms with van der Waals surface area (Å²) < 4.78 is 12.0. The first kappa shape index (κ1) is 16.2. The average molecular weight is 345 g/mol. The Morgan fingerprint density at radius 3 is 2.21 bits per heavy atom. The predicted molar refractivity (Wildman–Crippen MR) is 82.9 cm³/mol. The quantitative estimate of drug-likeness (QED) is 0.760. The number of ether oxygens (including phenoxy) is 1. The topological polar surface area (TPSA) is 35.5 Å². The highest BCUT2D eigenvalue weighted by molar-refractivity contribution is 9.10. The summed E-state index contributed by atoms with van der Waals surface area (Å²) in [5.74, 6) is 0.366. The molecule has 0 saturated heterocycles. The number of hydrogen-bond acceptors (Lipinski definition) is 3. The summed E-state index contributed by atoms with van der Waals surface area (Å²) in [5.41, 5.74) is 0. The summed E-state index contributed by atoms with van der Waals surface area (Å²) >= 11 is 3.35. The number of hydrogen-bond donors (Lipinski definition) is 0. The van der Waals surface area contributed by atoms with Crippen LogP contribution in [-0.2, 0) is 9.22 Å². The van der Waals surface area contributed by atoms with Crippen LogP contribution in [0, 0.1) is 0 Å². The fourth-order valence-corrected chi connectivity index (χ4v) is 2.34. The molecule has 0 bridgehead atoms. The number of carbonyl (C=O) groups excluding carboxylic acids is 1. The van der Waals surface area contributed by atoms with Gasteiger partial charge in [-0.1, -0.05) is 36.7 Å². The average Bonchev–Trinajstić information content (AvgIpc) is 2.26. The SMILES string of the molecule is CC(C)(C)[Si](C)(C)OC(=O)COc1ccc(Br)cc1. The van der Waals surface area contributed by atoms with Crippen molar-refractivity contribution in [1.82, 2.24) is 0 Å². The molecule has 0 aromatic heterocycles. The highest BCUT2D eigenvalue weighted by atomic mass is 79.9. The molecule has 1 rings (SSSR count). The molecule has 0 amide bonds. The lowest BCUT2D eigenvalue weighted by atomic mass is 10.2. The van der Waals surface area contributed by atoms with E-state index < -0.39 is 8.32 Å². The van der Waals surface area contributed by atoms with Gasteiger partial charge in [0.15, 0.2) is 6.61 Å². The molecule has 1 aromatic carbocycles. The fourth-order valence-electron chi connectivity index (χ4n) is 1.14. The lowest BCUT2D eigenvalue weighted by Gasteiger charge is -2.35. The third kappa shape index (κ3) is 4.99. The number of carbonyl (C=O) groups is 1. The molecule has 0 N–H and O–H groups in total. The smallest absolute Gasteiger partial charge is 0.330 e. The van der Waals surface area contributed by atoms with Crippen molar-refractivity contribution in [2.45, 2.75) is 38.9 Å². The first-order chi connectivity index (χ1) is 8.62. The van der Waals surface area contributed by atoms with Crippen LogP contribution >= 0.6 is 15.9 Å². The van der Waals surface area contributed by atoms with Crippen LogP contribution in [0.15, 0.2) is 28.7 Å². The monoisotopic (exact) mass is 344 g/mol. The van der Waals surface area contributed by atoms with Gasteiger partial charge in [0.2, 0.25) is 0 Å². The molecule has 0 unspecified atom stereocenters. The number of halogens is 1. The minimum atomic E-state index is -2.05. The fraction of sp³-hybridized carbons (Fsp3) is 0.500. The van der Waals surface area contributed by atoms with Crippen LogP contribution in [0.25, 0.3) is 0 Å². The third-order valence-electron chi connectivity index (χ3n) is 3.35. The van der Waals surface area contributed by atoms with Gasteiger partial charge >= 0.3 is 5.97 Å². The molecule has 0 aliphatic rings. The molecule has 0 atom stereocenters. The highest BCUT2D eigenvalue weighted by Crippen LogP contribution is 2.36. The van der Waals surface area contributed by atoms with Gasteiger partial charge in [-0.15, -0.1) is 0 Å². The van der Waals surface area contributed by atoms with Gasteiger partial charge in [-0.25, -0.2) is 4.79 Å². The van der Waals surface area contributed by atoms with Gasteiger partial charge in [0, 0.05) is 4.47 Å². The molecule has 1 aromatic rings. The first-order valence-corrected chi connectivity index (χ1v) is 9.92. The van der Waals surface area contributed by atoms with Crippen LogP contribution < -0.4 is 4.74 Å². The van der Waals surface area contributed by atoms with Gasteiger partial charge in [-0.3, -0.25) is 0 Å². The van der Waals surface area contributed by atoms with Crippen molar-refractivity contribution in [3.05, 3.63) is 28.7 Å². The highest BCUT2D eigenvalue weighted by Gasteiger charge is 2.40. The summed E-state index contributed by atoms with van der Waals surface area (Å²) in [5, 5.41) is 0.0142. The number of rotatable bonds is 4. The van der Waals surface area contributed by atoms with E-state index in [2.05, 4.69) is 36.7 Å². The van der Waals surface area contributed by atoms with E-state index in [-0.39, 0.29) is 17.6 Å². The van der Waals surface area contributed by atoms with E-state index in [0.29, 0.717) is 5.75 Å². The zero-order chi connectivity index (χ0) is 14.7. The van der Waals surface area contributed by atoms with Crippen molar-refractivity contribution in [3.63, 3.8) is 0 Å². The van der Waals surface area contributed by atoms with Crippen molar-refractivity contribution in [2.24, 2.45) is 0 Å². The van der Waals surface area contributed by atoms with Gasteiger partial charge in [0.05, 0.1) is 0 Å². The Kier molecular flexibility index (Phi) is 5.21. The largest absolute Gasteiger partial charge is 0.517 e. The number of benzene rings is 1. The summed E-state index contributed by atoms with van der Waals surface area (Å²) in [6.45, 7) is 10.3. The molecule has 5 heteroatoms. The van der Waals surface area contributed by atoms with Crippen LogP contribution in [0.4, 0.5) is 0 Å². The Labute approximate surface area is 124 Å². The molecule has 0 saturated carbocycles. The van der Waals surface area contributed by atoms with Crippen molar-refractivity contribution in [3.8, 4) is 5.75 Å². The van der Waals surface area contributed by atoms with Crippen LogP contribution in [0.1, 0.15) is 20.8 Å². The first-order valence-electron chi connectivity index (χ1n) is 6.22. The van der Waals surface area contributed by atoms with Crippen molar-refractivity contribution >= 4 is 30.2 Å². The zero-order valence-corrected chi connectivity index (χ0v) is 14.7. The Bertz CT molecular complexity index is 435. The maximum absolute atomic E-state index is 11.8. The van der Waals surface area contributed by atoms with Crippen LogP contribution in [0.5, 0.6) is 5.75 Å². The molecule has 19 heavy (non-hydrogen) atoms. The molecule has 0 radical (unpaired) electrons. The Morgan fingerprint density at radius 2 is 1.74 bits per heavy atom. The molecule has 0 aliphatic carbocycles. The molecule has 0 fully saturated rings. The standard InChI is InChI=1S/C14H21BrO3Si/c1-14(2,3)19(4,5)18-13(16)10-17-12-8-6-11(15)7-9-12/h6-9H,10H2,1-5H3. The van der Waals surface area contributed by atoms with Gasteiger partial charge in [0.1, 0.15) is 5.75 Å². The van der Waals surface area contributed by atoms with E-state index in [0.717, 1.165) is 4.47 Å². The summed E-state index contributed by atoms with van der Waals surface area (Å²) in [7, 11) is -2.05. The molecular formula is C14H21BrO3Si. The van der Waals surface area contributed by atoms with E-state index in [1.165, 1.54) is 0 Å². The molecule has 0 aliphatic heterocycles. The normalized spacial score (nSPS) is 12.1. The minimum Gasteiger partial charge on any atom is -0.517 e. The predicted octanol–water partition coefficient (Wildman–Crippen LogP) is 4.38. The van der Waals surface area contributed by atoms with E-state index in [1.54, 1.807) is 0 Å². The van der Waals surface area contributed by atoms with Gasteiger partial charge in [0.25, 0.3) is 8.32 Å². The lowest BCUT2D eigenvalue weighted by molar-refractivity contribution is -0.137. The van der Waals surface area contributed by atoms with E-state index in [1.807, 2.05) is 37.4 Å². The molecule has 0 heterocycles. The Balaban J connectivity index is 2.51. The Morgan fingerprint density at radius 1 is 1.21 bits per heavy atom. The molecular weight excluding hydrogens is 324 g/mol. The van der Waals surface area contributed by atoms with Crippen LogP contribution in [0.2, 0.25) is 18.1 Å². The molecule has 106 valence electrons. The summed E-state index contributed by atoms with van der Waals surface area (Å²) in [6, 6.07) is 7.36. The summed E-state index contributed by atoms with van der Waals surface area (Å²) in [6.07, 6.45) is 0. The second-order valence-corrected chi connectivity index (χ2v) is 11.6. The van der Waals surface area contributed by atoms with Gasteiger partial charge in [-0.05, 0) is 42.4 Å². The molecule has 3 nitrogen and oxygen atoms in total. The van der Waals surface area contributed by atoms with Crippen LogP contribution in [0.3, 0.4) is 0 Å². The van der Waals surface area contributed by atoms with Gasteiger partial charge in [-0.2, -0.15) is 0 Å². The Hall–Kier alpha value is -0.813. The second-order valence-electron chi connectivity index (χ2n) is 5.98. The maximum Gasteiger partial charge on any atom is 0.330 e. The lowest BCUT2D eigenvalue weighted by Crippen LogP contribution is -2.43.